The lowest BCUT2D eigenvalue weighted by atomic mass is 10.1. The summed E-state index contributed by atoms with van der Waals surface area (Å²) in [5.41, 5.74) is -0.838. The first-order valence-electron chi connectivity index (χ1n) is 7.96. The van der Waals surface area contributed by atoms with Crippen molar-refractivity contribution < 1.29 is 19.3 Å². The zero-order chi connectivity index (χ0) is 17.8. The average Bonchev–Trinajstić information content (AvgIpc) is 2.41. The molecule has 8 nitrogen and oxygen atoms in total. The predicted octanol–water partition coefficient (Wildman–Crippen LogP) is 2.93. The molecule has 23 heavy (non-hydrogen) atoms. The van der Waals surface area contributed by atoms with Gasteiger partial charge in [-0.15, -0.1) is 5.01 Å². The average molecular weight is 330 g/mol. The maximum Gasteiger partial charge on any atom is 0.410 e. The number of ether oxygens (including phenoxy) is 1. The van der Waals surface area contributed by atoms with Crippen LogP contribution in [0.1, 0.15) is 54.4 Å². The van der Waals surface area contributed by atoms with Crippen LogP contribution < -0.4 is 0 Å². The Labute approximate surface area is 138 Å². The van der Waals surface area contributed by atoms with Gasteiger partial charge in [-0.25, -0.2) is 4.79 Å². The Kier molecular flexibility index (Phi) is 6.07. The second-order valence-electron chi connectivity index (χ2n) is 7.80. The molecule has 0 radical (unpaired) electrons. The summed E-state index contributed by atoms with van der Waals surface area (Å²) in [4.78, 5) is 19.4. The van der Waals surface area contributed by atoms with E-state index in [-0.39, 0.29) is 17.7 Å². The normalized spacial score (nSPS) is 17.9. The predicted molar refractivity (Wildman–Crippen MR) is 85.5 cm³/mol. The third kappa shape index (κ3) is 6.50. The Morgan fingerprint density at radius 1 is 1.22 bits per heavy atom. The second-order valence-corrected chi connectivity index (χ2v) is 7.80. The van der Waals surface area contributed by atoms with E-state index in [1.807, 2.05) is 41.5 Å². The zero-order valence-electron chi connectivity index (χ0n) is 15.3. The van der Waals surface area contributed by atoms with Crippen LogP contribution in [0.5, 0.6) is 0 Å². The van der Waals surface area contributed by atoms with Gasteiger partial charge in [0.15, 0.2) is 0 Å². The van der Waals surface area contributed by atoms with Crippen LogP contribution in [0.15, 0.2) is 5.28 Å². The minimum absolute atomic E-state index is 0.168. The van der Waals surface area contributed by atoms with Gasteiger partial charge >= 0.3 is 6.09 Å². The number of likely N-dealkylation sites (tertiary alicyclic amines) is 1. The molecule has 1 amide bonds. The summed E-state index contributed by atoms with van der Waals surface area (Å²) < 4.78 is 5.34. The lowest BCUT2D eigenvalue weighted by molar-refractivity contribution is -0.720. The lowest BCUT2D eigenvalue weighted by Gasteiger charge is -2.32. The first kappa shape index (κ1) is 19.3. The van der Waals surface area contributed by atoms with Crippen molar-refractivity contribution in [3.8, 4) is 0 Å². The minimum Gasteiger partial charge on any atom is -0.569 e. The number of hydrogen-bond donors (Lipinski definition) is 0. The zero-order valence-corrected chi connectivity index (χ0v) is 15.3. The molecule has 1 saturated heterocycles. The number of hydrogen-bond acceptors (Lipinski definition) is 5. The van der Waals surface area contributed by atoms with Crippen molar-refractivity contribution in [2.45, 2.75) is 71.6 Å². The van der Waals surface area contributed by atoms with Crippen molar-refractivity contribution in [3.63, 3.8) is 0 Å². The standard InChI is InChI=1S/C15H30N4O4/c1-14(2,3)17(7)19(21)16-23-12-8-10-18(11-9-12)13(20)22-15(4,5)6/h12H,8-11H2,1-7H3/b19-16-. The maximum absolute atomic E-state index is 12.0. The maximum atomic E-state index is 12.0. The van der Waals surface area contributed by atoms with E-state index in [0.29, 0.717) is 30.9 Å². The van der Waals surface area contributed by atoms with Gasteiger partial charge in [-0.2, -0.15) is 0 Å². The molecule has 1 fully saturated rings. The van der Waals surface area contributed by atoms with Crippen LogP contribution >= 0.6 is 0 Å². The molecule has 1 aliphatic rings. The van der Waals surface area contributed by atoms with E-state index in [2.05, 4.69) is 5.28 Å². The van der Waals surface area contributed by atoms with E-state index < -0.39 is 5.60 Å². The summed E-state index contributed by atoms with van der Waals surface area (Å²) in [7, 11) is 1.66. The highest BCUT2D eigenvalue weighted by molar-refractivity contribution is 5.68. The Bertz CT molecular complexity index is 432. The molecule has 0 N–H and O–H groups in total. The molecule has 0 aromatic heterocycles. The number of hydrazine groups is 1. The number of amides is 1. The van der Waals surface area contributed by atoms with Crippen LogP contribution in [0.3, 0.4) is 0 Å². The summed E-state index contributed by atoms with van der Waals surface area (Å²) in [6.45, 7) is 12.3. The molecule has 134 valence electrons. The van der Waals surface area contributed by atoms with Crippen LogP contribution in [0.4, 0.5) is 4.79 Å². The fourth-order valence-corrected chi connectivity index (χ4v) is 1.89. The highest BCUT2D eigenvalue weighted by atomic mass is 16.7. The van der Waals surface area contributed by atoms with Crippen molar-refractivity contribution in [2.75, 3.05) is 20.1 Å². The molecular weight excluding hydrogens is 300 g/mol. The molecule has 0 aromatic rings. The molecule has 8 heteroatoms. The molecule has 0 spiro atoms. The van der Waals surface area contributed by atoms with E-state index >= 15 is 0 Å². The van der Waals surface area contributed by atoms with Crippen LogP contribution in [0, 0.1) is 5.21 Å². The Hall–Kier alpha value is -1.73. The van der Waals surface area contributed by atoms with Gasteiger partial charge in [-0.3, -0.25) is 0 Å². The smallest absolute Gasteiger partial charge is 0.410 e. The Balaban J connectivity index is 2.44. The molecule has 0 aliphatic carbocycles. The van der Waals surface area contributed by atoms with Crippen molar-refractivity contribution >= 4 is 6.09 Å². The topological polar surface area (TPSA) is 80.4 Å². The fourth-order valence-electron chi connectivity index (χ4n) is 1.89. The quantitative estimate of drug-likeness (QED) is 0.451. The first-order valence-corrected chi connectivity index (χ1v) is 7.96. The van der Waals surface area contributed by atoms with Crippen molar-refractivity contribution in [1.82, 2.24) is 9.91 Å². The van der Waals surface area contributed by atoms with E-state index in [0.717, 1.165) is 0 Å². The van der Waals surface area contributed by atoms with E-state index in [9.17, 15) is 10.0 Å². The van der Waals surface area contributed by atoms with E-state index in [4.69, 9.17) is 9.57 Å². The number of carbonyl (C=O) groups excluding carboxylic acids is 1. The van der Waals surface area contributed by atoms with Gasteiger partial charge in [-0.1, -0.05) is 0 Å². The largest absolute Gasteiger partial charge is 0.569 e. The van der Waals surface area contributed by atoms with Gasteiger partial charge in [0, 0.05) is 25.9 Å². The SMILES string of the molecule is CN(/[N+]([O-])=N/OC1CCN(C(=O)OC(C)(C)C)CC1)C(C)(C)C. The molecule has 1 rings (SSSR count). The lowest BCUT2D eigenvalue weighted by Crippen LogP contribution is -2.44. The van der Waals surface area contributed by atoms with Gasteiger partial charge in [0.2, 0.25) is 5.28 Å². The third-order valence-electron chi connectivity index (χ3n) is 3.59. The molecule has 0 atom stereocenters. The monoisotopic (exact) mass is 330 g/mol. The van der Waals surface area contributed by atoms with Crippen LogP contribution in [-0.4, -0.2) is 58.4 Å². The molecule has 0 unspecified atom stereocenters. The van der Waals surface area contributed by atoms with Gasteiger partial charge in [0.1, 0.15) is 11.7 Å². The van der Waals surface area contributed by atoms with Gasteiger partial charge in [0.25, 0.3) is 0 Å². The summed E-state index contributed by atoms with van der Waals surface area (Å²) >= 11 is 0. The third-order valence-corrected chi connectivity index (χ3v) is 3.59. The molecule has 1 heterocycles. The summed E-state index contributed by atoms with van der Waals surface area (Å²) in [6.07, 6.45) is 0.760. The first-order chi connectivity index (χ1) is 10.4. The Morgan fingerprint density at radius 3 is 2.17 bits per heavy atom. The van der Waals surface area contributed by atoms with Crippen molar-refractivity contribution in [2.24, 2.45) is 5.28 Å². The fraction of sp³-hybridized carbons (Fsp3) is 0.933. The second kappa shape index (κ2) is 7.23. The van der Waals surface area contributed by atoms with Crippen molar-refractivity contribution in [1.29, 1.82) is 0 Å². The molecule has 0 aromatic carbocycles. The van der Waals surface area contributed by atoms with Crippen LogP contribution in [0.2, 0.25) is 0 Å². The molecule has 0 saturated carbocycles. The number of piperidine rings is 1. The highest BCUT2D eigenvalue weighted by Gasteiger charge is 2.29. The van der Waals surface area contributed by atoms with Crippen LogP contribution in [-0.2, 0) is 9.57 Å². The Morgan fingerprint density at radius 2 is 1.74 bits per heavy atom. The summed E-state index contributed by atoms with van der Waals surface area (Å²) in [5, 5.41) is 16.9. The molecular formula is C15H30N4O4. The van der Waals surface area contributed by atoms with Crippen LogP contribution in [0.25, 0.3) is 0 Å². The number of carbonyl (C=O) groups is 1. The van der Waals surface area contributed by atoms with Crippen molar-refractivity contribution in [3.05, 3.63) is 5.21 Å². The minimum atomic E-state index is -0.500. The summed E-state index contributed by atoms with van der Waals surface area (Å²) in [6, 6.07) is 0. The van der Waals surface area contributed by atoms with Gasteiger partial charge < -0.3 is 19.7 Å². The van der Waals surface area contributed by atoms with Gasteiger partial charge in [-0.05, 0) is 41.5 Å². The molecule has 1 aliphatic heterocycles. The van der Waals surface area contributed by atoms with Gasteiger partial charge in [0.05, 0.1) is 17.6 Å². The summed E-state index contributed by atoms with van der Waals surface area (Å²) in [5.74, 6) is 0. The number of rotatable bonds is 3. The van der Waals surface area contributed by atoms with E-state index in [1.165, 1.54) is 5.01 Å². The molecule has 0 bridgehead atoms. The van der Waals surface area contributed by atoms with E-state index in [1.54, 1.807) is 11.9 Å². The number of nitrogens with zero attached hydrogens (tertiary/aromatic N) is 4. The highest BCUT2D eigenvalue weighted by Crippen LogP contribution is 2.18.